The Balaban J connectivity index is 1.96. The minimum atomic E-state index is -0.231. The van der Waals surface area contributed by atoms with Gasteiger partial charge < -0.3 is 20.1 Å². The zero-order chi connectivity index (χ0) is 15.9. The predicted octanol–water partition coefficient (Wildman–Crippen LogP) is 1.58. The van der Waals surface area contributed by atoms with Crippen molar-refractivity contribution in [3.05, 3.63) is 29.3 Å². The van der Waals surface area contributed by atoms with Gasteiger partial charge in [0.25, 0.3) is 0 Å². The van der Waals surface area contributed by atoms with Crippen molar-refractivity contribution >= 4 is 5.96 Å². The quantitative estimate of drug-likeness (QED) is 0.640. The summed E-state index contributed by atoms with van der Waals surface area (Å²) in [5.41, 5.74) is 2.37. The Bertz CT molecular complexity index is 517. The van der Waals surface area contributed by atoms with E-state index in [2.05, 4.69) is 40.3 Å². The van der Waals surface area contributed by atoms with Gasteiger partial charge in [0, 0.05) is 26.2 Å². The van der Waals surface area contributed by atoms with Crippen molar-refractivity contribution < 1.29 is 9.84 Å². The molecule has 5 nitrogen and oxygen atoms in total. The van der Waals surface area contributed by atoms with E-state index in [0.717, 1.165) is 49.7 Å². The topological polar surface area (TPSA) is 57.1 Å². The number of aryl methyl sites for hydroxylation is 1. The largest absolute Gasteiger partial charge is 0.496 e. The van der Waals surface area contributed by atoms with Crippen LogP contribution in [0, 0.1) is 6.92 Å². The highest BCUT2D eigenvalue weighted by molar-refractivity contribution is 5.80. The van der Waals surface area contributed by atoms with Gasteiger partial charge in [-0.1, -0.05) is 12.1 Å². The van der Waals surface area contributed by atoms with Crippen LogP contribution in [-0.4, -0.2) is 55.4 Å². The minimum Gasteiger partial charge on any atom is -0.496 e. The van der Waals surface area contributed by atoms with Crippen LogP contribution in [0.1, 0.15) is 24.5 Å². The number of likely N-dealkylation sites (tertiary alicyclic amines) is 1. The summed E-state index contributed by atoms with van der Waals surface area (Å²) in [6.45, 7) is 7.20. The van der Waals surface area contributed by atoms with Gasteiger partial charge in [0.15, 0.2) is 5.96 Å². The number of nitrogens with one attached hydrogen (secondary N) is 1. The third kappa shape index (κ3) is 4.37. The summed E-state index contributed by atoms with van der Waals surface area (Å²) in [4.78, 5) is 6.81. The Kier molecular flexibility index (Phi) is 6.07. The summed E-state index contributed by atoms with van der Waals surface area (Å²) in [6, 6.07) is 6.29. The van der Waals surface area contributed by atoms with E-state index in [4.69, 9.17) is 4.74 Å². The SMILES string of the molecule is CCNC(=NCCc1ccc(C)c(OC)c1)N1CC[C@@H](O)C1. The number of guanidine groups is 1. The molecule has 0 radical (unpaired) electrons. The average molecular weight is 305 g/mol. The van der Waals surface area contributed by atoms with Crippen LogP contribution in [0.15, 0.2) is 23.2 Å². The normalized spacial score (nSPS) is 18.6. The van der Waals surface area contributed by atoms with Crippen LogP contribution < -0.4 is 10.1 Å². The molecule has 1 fully saturated rings. The first-order valence-electron chi connectivity index (χ1n) is 7.99. The molecule has 1 heterocycles. The highest BCUT2D eigenvalue weighted by atomic mass is 16.5. The van der Waals surface area contributed by atoms with Crippen molar-refractivity contribution in [1.29, 1.82) is 0 Å². The van der Waals surface area contributed by atoms with Crippen LogP contribution in [-0.2, 0) is 6.42 Å². The monoisotopic (exact) mass is 305 g/mol. The van der Waals surface area contributed by atoms with Crippen molar-refractivity contribution in [2.45, 2.75) is 32.8 Å². The van der Waals surface area contributed by atoms with Gasteiger partial charge in [-0.25, -0.2) is 0 Å². The average Bonchev–Trinajstić information content (AvgIpc) is 2.94. The Morgan fingerprint density at radius 2 is 2.32 bits per heavy atom. The molecule has 122 valence electrons. The summed E-state index contributed by atoms with van der Waals surface area (Å²) in [5.74, 6) is 1.83. The van der Waals surface area contributed by atoms with E-state index >= 15 is 0 Å². The maximum Gasteiger partial charge on any atom is 0.194 e. The third-order valence-corrected chi connectivity index (χ3v) is 3.93. The molecule has 0 saturated carbocycles. The Morgan fingerprint density at radius 3 is 2.95 bits per heavy atom. The Morgan fingerprint density at radius 1 is 1.50 bits per heavy atom. The van der Waals surface area contributed by atoms with Gasteiger partial charge in [-0.15, -0.1) is 0 Å². The van der Waals surface area contributed by atoms with Gasteiger partial charge in [0.2, 0.25) is 0 Å². The molecule has 2 N–H and O–H groups in total. The second kappa shape index (κ2) is 8.03. The van der Waals surface area contributed by atoms with Gasteiger partial charge in [-0.05, 0) is 43.9 Å². The molecule has 1 aromatic rings. The first kappa shape index (κ1) is 16.6. The minimum absolute atomic E-state index is 0.231. The second-order valence-electron chi connectivity index (χ2n) is 5.68. The summed E-state index contributed by atoms with van der Waals surface area (Å²) < 4.78 is 5.36. The highest BCUT2D eigenvalue weighted by Gasteiger charge is 2.22. The molecule has 5 heteroatoms. The van der Waals surface area contributed by atoms with Gasteiger partial charge >= 0.3 is 0 Å². The molecule has 0 bridgehead atoms. The number of aliphatic hydroxyl groups excluding tert-OH is 1. The number of ether oxygens (including phenoxy) is 1. The lowest BCUT2D eigenvalue weighted by molar-refractivity contribution is 0.188. The number of hydrogen-bond acceptors (Lipinski definition) is 3. The molecule has 1 aromatic carbocycles. The van der Waals surface area contributed by atoms with Crippen molar-refractivity contribution in [3.63, 3.8) is 0 Å². The third-order valence-electron chi connectivity index (χ3n) is 3.93. The zero-order valence-corrected chi connectivity index (χ0v) is 13.8. The smallest absolute Gasteiger partial charge is 0.194 e. The van der Waals surface area contributed by atoms with Crippen LogP contribution in [0.4, 0.5) is 0 Å². The standard InChI is InChI=1S/C17H27N3O2/c1-4-18-17(20-10-8-15(21)12-20)19-9-7-14-6-5-13(2)16(11-14)22-3/h5-6,11,15,21H,4,7-10,12H2,1-3H3,(H,18,19)/t15-/m1/s1. The number of β-amino-alcohol motifs (C(OH)–C–C–N with tert-alkyl or cyclic N) is 1. The van der Waals surface area contributed by atoms with Crippen LogP contribution in [0.5, 0.6) is 5.75 Å². The van der Waals surface area contributed by atoms with Gasteiger partial charge in [0.1, 0.15) is 5.75 Å². The number of benzene rings is 1. The van der Waals surface area contributed by atoms with Crippen molar-refractivity contribution in [3.8, 4) is 5.75 Å². The van der Waals surface area contributed by atoms with E-state index in [1.54, 1.807) is 7.11 Å². The van der Waals surface area contributed by atoms with Gasteiger partial charge in [0.05, 0.1) is 13.2 Å². The van der Waals surface area contributed by atoms with Crippen molar-refractivity contribution in [2.75, 3.05) is 33.3 Å². The van der Waals surface area contributed by atoms with Gasteiger partial charge in [-0.2, -0.15) is 0 Å². The predicted molar refractivity (Wildman–Crippen MR) is 89.6 cm³/mol. The lowest BCUT2D eigenvalue weighted by atomic mass is 10.1. The molecule has 1 saturated heterocycles. The maximum absolute atomic E-state index is 9.67. The molecule has 0 unspecified atom stereocenters. The fraction of sp³-hybridized carbons (Fsp3) is 0.588. The van der Waals surface area contributed by atoms with Crippen molar-refractivity contribution in [1.82, 2.24) is 10.2 Å². The molecule has 1 aliphatic rings. The van der Waals surface area contributed by atoms with Gasteiger partial charge in [-0.3, -0.25) is 4.99 Å². The maximum atomic E-state index is 9.67. The number of nitrogens with zero attached hydrogens (tertiary/aromatic N) is 2. The number of methoxy groups -OCH3 is 1. The lowest BCUT2D eigenvalue weighted by Crippen LogP contribution is -2.40. The first-order valence-corrected chi connectivity index (χ1v) is 7.99. The van der Waals surface area contributed by atoms with E-state index in [9.17, 15) is 5.11 Å². The number of aliphatic hydroxyl groups is 1. The Labute approximate surface area is 133 Å². The van der Waals surface area contributed by atoms with E-state index < -0.39 is 0 Å². The molecule has 0 spiro atoms. The molecule has 1 atom stereocenters. The fourth-order valence-corrected chi connectivity index (χ4v) is 2.67. The summed E-state index contributed by atoms with van der Waals surface area (Å²) >= 11 is 0. The van der Waals surface area contributed by atoms with E-state index in [0.29, 0.717) is 6.54 Å². The first-order chi connectivity index (χ1) is 10.6. The highest BCUT2D eigenvalue weighted by Crippen LogP contribution is 2.19. The molecular weight excluding hydrogens is 278 g/mol. The van der Waals surface area contributed by atoms with Crippen LogP contribution in [0.2, 0.25) is 0 Å². The molecular formula is C17H27N3O2. The van der Waals surface area contributed by atoms with Crippen LogP contribution >= 0.6 is 0 Å². The fourth-order valence-electron chi connectivity index (χ4n) is 2.67. The molecule has 2 rings (SSSR count). The second-order valence-corrected chi connectivity index (χ2v) is 5.68. The summed E-state index contributed by atoms with van der Waals surface area (Å²) in [5, 5.41) is 13.0. The zero-order valence-electron chi connectivity index (χ0n) is 13.8. The number of aliphatic imine (C=N–C) groups is 1. The lowest BCUT2D eigenvalue weighted by Gasteiger charge is -2.20. The Hall–Kier alpha value is -1.75. The summed E-state index contributed by atoms with van der Waals surface area (Å²) in [6.07, 6.45) is 1.46. The molecule has 0 aromatic heterocycles. The molecule has 0 aliphatic carbocycles. The number of hydrogen-bond donors (Lipinski definition) is 2. The van der Waals surface area contributed by atoms with E-state index in [-0.39, 0.29) is 6.10 Å². The summed E-state index contributed by atoms with van der Waals surface area (Å²) in [7, 11) is 1.70. The molecule has 0 amide bonds. The molecule has 1 aliphatic heterocycles. The molecule has 22 heavy (non-hydrogen) atoms. The van der Waals surface area contributed by atoms with E-state index in [1.807, 2.05) is 6.92 Å². The van der Waals surface area contributed by atoms with Crippen LogP contribution in [0.25, 0.3) is 0 Å². The van der Waals surface area contributed by atoms with Crippen LogP contribution in [0.3, 0.4) is 0 Å². The number of rotatable bonds is 5. The van der Waals surface area contributed by atoms with E-state index in [1.165, 1.54) is 5.56 Å². The van der Waals surface area contributed by atoms with Crippen molar-refractivity contribution in [2.24, 2.45) is 4.99 Å².